The monoisotopic (exact) mass is 378 g/mol. The second-order valence-electron chi connectivity index (χ2n) is 5.67. The second kappa shape index (κ2) is 7.80. The number of rotatable bonds is 5. The molecule has 10 heteroatoms. The molecule has 0 spiro atoms. The average Bonchev–Trinajstić information content (AvgIpc) is 2.35. The van der Waals surface area contributed by atoms with E-state index in [0.29, 0.717) is 0 Å². The molecule has 1 aromatic rings. The third-order valence-corrected chi connectivity index (χ3v) is 4.22. The highest BCUT2D eigenvalue weighted by molar-refractivity contribution is 7.92. The number of aromatic nitrogens is 1. The van der Waals surface area contributed by atoms with Gasteiger partial charge in [0.2, 0.25) is 0 Å². The van der Waals surface area contributed by atoms with Gasteiger partial charge in [-0.05, 0) is 39.8 Å². The van der Waals surface area contributed by atoms with Crippen molar-refractivity contribution >= 4 is 39.3 Å². The van der Waals surface area contributed by atoms with Crippen LogP contribution in [-0.4, -0.2) is 43.4 Å². The summed E-state index contributed by atoms with van der Waals surface area (Å²) in [6, 6.07) is 2.39. The lowest BCUT2D eigenvalue weighted by Gasteiger charge is -2.20. The topological polar surface area (TPSA) is 112 Å². The van der Waals surface area contributed by atoms with Gasteiger partial charge in [0.15, 0.2) is 21.4 Å². The van der Waals surface area contributed by atoms with E-state index in [0.717, 1.165) is 6.07 Å². The zero-order valence-corrected chi connectivity index (χ0v) is 15.3. The minimum Gasteiger partial charge on any atom is -0.465 e. The van der Waals surface area contributed by atoms with Crippen LogP contribution in [0.3, 0.4) is 0 Å². The van der Waals surface area contributed by atoms with Gasteiger partial charge in [-0.2, -0.15) is 0 Å². The Morgan fingerprint density at radius 1 is 1.29 bits per heavy atom. The Labute approximate surface area is 145 Å². The van der Waals surface area contributed by atoms with Gasteiger partial charge in [-0.15, -0.1) is 0 Å². The summed E-state index contributed by atoms with van der Waals surface area (Å²) in [5, 5.41) is 2.20. The number of carbonyl (C=O) groups excluding carboxylic acids is 2. The van der Waals surface area contributed by atoms with Crippen molar-refractivity contribution < 1.29 is 27.5 Å². The molecule has 1 aromatic heterocycles. The number of hydrogen-bond donors (Lipinski definition) is 1. The van der Waals surface area contributed by atoms with Crippen LogP contribution in [-0.2, 0) is 24.1 Å². The number of ether oxygens (including phenoxy) is 2. The first kappa shape index (κ1) is 20.2. The van der Waals surface area contributed by atoms with Crippen molar-refractivity contribution in [2.45, 2.75) is 38.2 Å². The highest BCUT2D eigenvalue weighted by Crippen LogP contribution is 2.23. The van der Waals surface area contributed by atoms with Crippen LogP contribution < -0.4 is 5.32 Å². The maximum absolute atomic E-state index is 12.3. The van der Waals surface area contributed by atoms with Crippen molar-refractivity contribution in [3.63, 3.8) is 0 Å². The summed E-state index contributed by atoms with van der Waals surface area (Å²) in [5.74, 6) is -2.11. The van der Waals surface area contributed by atoms with Crippen molar-refractivity contribution in [3.8, 4) is 0 Å². The predicted molar refractivity (Wildman–Crippen MR) is 87.8 cm³/mol. The summed E-state index contributed by atoms with van der Waals surface area (Å²) in [6.45, 7) is 6.56. The number of nitrogens with zero attached hydrogens (tertiary/aromatic N) is 1. The van der Waals surface area contributed by atoms with Gasteiger partial charge >= 0.3 is 12.1 Å². The van der Waals surface area contributed by atoms with E-state index >= 15 is 0 Å². The van der Waals surface area contributed by atoms with E-state index in [9.17, 15) is 18.0 Å². The number of anilines is 1. The summed E-state index contributed by atoms with van der Waals surface area (Å²) in [5.41, 5.74) is -0.785. The molecule has 0 radical (unpaired) electrons. The zero-order valence-electron chi connectivity index (χ0n) is 13.8. The first-order chi connectivity index (χ1) is 10.9. The van der Waals surface area contributed by atoms with E-state index in [1.165, 1.54) is 6.07 Å². The Morgan fingerprint density at radius 2 is 1.92 bits per heavy atom. The molecule has 0 fully saturated rings. The highest BCUT2D eigenvalue weighted by atomic mass is 35.5. The number of nitrogens with one attached hydrogen (secondary N) is 1. The van der Waals surface area contributed by atoms with E-state index in [2.05, 4.69) is 15.0 Å². The van der Waals surface area contributed by atoms with Gasteiger partial charge in [0, 0.05) is 0 Å². The van der Waals surface area contributed by atoms with Crippen LogP contribution in [0.2, 0.25) is 5.15 Å². The average molecular weight is 379 g/mol. The van der Waals surface area contributed by atoms with Crippen LogP contribution in [0.5, 0.6) is 0 Å². The number of sulfone groups is 1. The Bertz CT molecular complexity index is 727. The van der Waals surface area contributed by atoms with Crippen molar-refractivity contribution in [1.29, 1.82) is 0 Å². The Balaban J connectivity index is 3.12. The molecule has 0 saturated heterocycles. The third kappa shape index (κ3) is 6.32. The SMILES string of the molecule is CCOC(=O)CS(=O)(=O)c1ccc(Cl)nc1NC(=O)OC(C)(C)C. The van der Waals surface area contributed by atoms with Crippen LogP contribution in [0.25, 0.3) is 0 Å². The smallest absolute Gasteiger partial charge is 0.413 e. The Kier molecular flexibility index (Phi) is 6.56. The first-order valence-corrected chi connectivity index (χ1v) is 9.02. The van der Waals surface area contributed by atoms with Gasteiger partial charge in [0.05, 0.1) is 6.61 Å². The number of pyridine rings is 1. The molecular formula is C14H19ClN2O6S. The lowest BCUT2D eigenvalue weighted by atomic mass is 10.2. The summed E-state index contributed by atoms with van der Waals surface area (Å²) >= 11 is 5.75. The zero-order chi connectivity index (χ0) is 18.5. The molecule has 0 bridgehead atoms. The van der Waals surface area contributed by atoms with Gasteiger partial charge < -0.3 is 9.47 Å². The molecule has 0 atom stereocenters. The number of esters is 1. The van der Waals surface area contributed by atoms with E-state index < -0.39 is 33.3 Å². The molecule has 0 aliphatic heterocycles. The van der Waals surface area contributed by atoms with E-state index in [4.69, 9.17) is 16.3 Å². The van der Waals surface area contributed by atoms with Crippen molar-refractivity contribution in [2.24, 2.45) is 0 Å². The number of halogens is 1. The van der Waals surface area contributed by atoms with Gasteiger partial charge in [0.1, 0.15) is 15.6 Å². The first-order valence-electron chi connectivity index (χ1n) is 6.99. The van der Waals surface area contributed by atoms with E-state index in [-0.39, 0.29) is 22.5 Å². The van der Waals surface area contributed by atoms with Crippen LogP contribution >= 0.6 is 11.6 Å². The molecule has 8 nitrogen and oxygen atoms in total. The molecule has 1 amide bonds. The molecule has 0 aliphatic rings. The maximum Gasteiger partial charge on any atom is 0.413 e. The van der Waals surface area contributed by atoms with Crippen molar-refractivity contribution in [3.05, 3.63) is 17.3 Å². The Hall–Kier alpha value is -1.87. The Morgan fingerprint density at radius 3 is 2.46 bits per heavy atom. The summed E-state index contributed by atoms with van der Waals surface area (Å²) in [6.07, 6.45) is -0.898. The molecule has 1 rings (SSSR count). The third-order valence-electron chi connectivity index (χ3n) is 2.39. The molecule has 24 heavy (non-hydrogen) atoms. The largest absolute Gasteiger partial charge is 0.465 e. The van der Waals surface area contributed by atoms with Gasteiger partial charge in [-0.1, -0.05) is 11.6 Å². The van der Waals surface area contributed by atoms with Crippen LogP contribution in [0.1, 0.15) is 27.7 Å². The van der Waals surface area contributed by atoms with Crippen molar-refractivity contribution in [2.75, 3.05) is 17.7 Å². The van der Waals surface area contributed by atoms with Gasteiger partial charge in [-0.3, -0.25) is 10.1 Å². The minimum atomic E-state index is -4.08. The lowest BCUT2D eigenvalue weighted by Crippen LogP contribution is -2.28. The summed E-state index contributed by atoms with van der Waals surface area (Å²) in [4.78, 5) is 26.7. The van der Waals surface area contributed by atoms with Crippen LogP contribution in [0, 0.1) is 0 Å². The van der Waals surface area contributed by atoms with Crippen LogP contribution in [0.4, 0.5) is 10.6 Å². The molecule has 134 valence electrons. The summed E-state index contributed by atoms with van der Waals surface area (Å²) < 4.78 is 34.4. The fourth-order valence-corrected chi connectivity index (χ4v) is 2.96. The van der Waals surface area contributed by atoms with Crippen molar-refractivity contribution in [1.82, 2.24) is 4.98 Å². The fraction of sp³-hybridized carbons (Fsp3) is 0.500. The lowest BCUT2D eigenvalue weighted by molar-refractivity contribution is -0.139. The van der Waals surface area contributed by atoms with E-state index in [1.807, 2.05) is 0 Å². The molecule has 0 saturated carbocycles. The van der Waals surface area contributed by atoms with E-state index in [1.54, 1.807) is 27.7 Å². The number of hydrogen-bond acceptors (Lipinski definition) is 7. The van der Waals surface area contributed by atoms with Gasteiger partial charge in [-0.25, -0.2) is 18.2 Å². The standard InChI is InChI=1S/C14H19ClN2O6S/c1-5-22-11(18)8-24(20,21)9-6-7-10(15)16-12(9)17-13(19)23-14(2,3)4/h6-7H,5,8H2,1-4H3,(H,16,17,19). The van der Waals surface area contributed by atoms with Gasteiger partial charge in [0.25, 0.3) is 0 Å². The second-order valence-corrected chi connectivity index (χ2v) is 8.02. The summed E-state index contributed by atoms with van der Waals surface area (Å²) in [7, 11) is -4.08. The predicted octanol–water partition coefficient (Wildman–Crippen LogP) is 2.42. The maximum atomic E-state index is 12.3. The number of carbonyl (C=O) groups is 2. The molecule has 1 N–H and O–H groups in total. The molecule has 0 aliphatic carbocycles. The number of amides is 1. The minimum absolute atomic E-state index is 0.0313. The van der Waals surface area contributed by atoms with Crippen LogP contribution in [0.15, 0.2) is 17.0 Å². The normalized spacial score (nSPS) is 11.7. The highest BCUT2D eigenvalue weighted by Gasteiger charge is 2.26. The molecule has 0 aromatic carbocycles. The molecule has 0 unspecified atom stereocenters. The molecular weight excluding hydrogens is 360 g/mol. The molecule has 1 heterocycles. The quantitative estimate of drug-likeness (QED) is 0.618. The fourth-order valence-electron chi connectivity index (χ4n) is 1.60.